The van der Waals surface area contributed by atoms with Crippen molar-refractivity contribution in [3.8, 4) is 11.3 Å². The topological polar surface area (TPSA) is 48.5 Å². The van der Waals surface area contributed by atoms with Gasteiger partial charge in [0.1, 0.15) is 5.65 Å². The van der Waals surface area contributed by atoms with Crippen LogP contribution in [0.5, 0.6) is 0 Å². The lowest BCUT2D eigenvalue weighted by Crippen LogP contribution is -2.14. The molecule has 0 atom stereocenters. The molecule has 0 bridgehead atoms. The fourth-order valence-electron chi connectivity index (χ4n) is 3.93. The number of rotatable bonds is 3. The molecule has 3 aromatic rings. The first kappa shape index (κ1) is 14.5. The van der Waals surface area contributed by atoms with Crippen LogP contribution in [0.3, 0.4) is 0 Å². The second kappa shape index (κ2) is 5.59. The van der Waals surface area contributed by atoms with Gasteiger partial charge in [0.2, 0.25) is 5.28 Å². The summed E-state index contributed by atoms with van der Waals surface area (Å²) in [5.74, 6) is 0. The minimum atomic E-state index is 0.317. The average Bonchev–Trinajstić information content (AvgIpc) is 3.22. The number of aromatic nitrogens is 5. The van der Waals surface area contributed by atoms with Gasteiger partial charge < -0.3 is 4.57 Å². The van der Waals surface area contributed by atoms with Gasteiger partial charge >= 0.3 is 0 Å². The highest BCUT2D eigenvalue weighted by molar-refractivity contribution is 6.28. The first-order valence-electron chi connectivity index (χ1n) is 8.87. The summed E-state index contributed by atoms with van der Waals surface area (Å²) in [4.78, 5) is 8.71. The Morgan fingerprint density at radius 2 is 1.83 bits per heavy atom. The molecule has 2 fully saturated rings. The Morgan fingerprint density at radius 1 is 1.00 bits per heavy atom. The summed E-state index contributed by atoms with van der Waals surface area (Å²) in [7, 11) is 0. The van der Waals surface area contributed by atoms with E-state index in [1.807, 2.05) is 12.4 Å². The zero-order chi connectivity index (χ0) is 16.1. The van der Waals surface area contributed by atoms with Crippen molar-refractivity contribution in [3.63, 3.8) is 0 Å². The molecule has 0 radical (unpaired) electrons. The van der Waals surface area contributed by atoms with Crippen molar-refractivity contribution < 1.29 is 0 Å². The normalized spacial score (nSPS) is 19.2. The molecule has 3 aromatic heterocycles. The van der Waals surface area contributed by atoms with Gasteiger partial charge in [0.15, 0.2) is 0 Å². The minimum absolute atomic E-state index is 0.317. The number of hydrogen-bond donors (Lipinski definition) is 0. The Balaban J connectivity index is 1.67. The standard InChI is InChI=1S/C18H20ClN5/c19-18-20-9-12-8-16(13-10-21-23(11-13)14-6-7-14)24(17(12)22-18)15-4-2-1-3-5-15/h8-11,14-15H,1-7H2. The van der Waals surface area contributed by atoms with Crippen molar-refractivity contribution >= 4 is 22.6 Å². The van der Waals surface area contributed by atoms with Crippen LogP contribution < -0.4 is 0 Å². The van der Waals surface area contributed by atoms with Crippen LogP contribution in [0.1, 0.15) is 57.0 Å². The van der Waals surface area contributed by atoms with Crippen molar-refractivity contribution in [1.29, 1.82) is 0 Å². The van der Waals surface area contributed by atoms with Crippen LogP contribution in [0.25, 0.3) is 22.3 Å². The Morgan fingerprint density at radius 3 is 2.62 bits per heavy atom. The van der Waals surface area contributed by atoms with Gasteiger partial charge in [-0.3, -0.25) is 4.68 Å². The lowest BCUT2D eigenvalue weighted by atomic mass is 9.95. The van der Waals surface area contributed by atoms with Gasteiger partial charge in [-0.1, -0.05) is 19.3 Å². The molecule has 3 heterocycles. The lowest BCUT2D eigenvalue weighted by Gasteiger charge is -2.25. The Bertz CT molecular complexity index is 886. The van der Waals surface area contributed by atoms with Gasteiger partial charge in [0.05, 0.1) is 17.9 Å². The molecule has 0 spiro atoms. The van der Waals surface area contributed by atoms with E-state index in [2.05, 4.69) is 36.6 Å². The van der Waals surface area contributed by atoms with E-state index in [1.165, 1.54) is 56.2 Å². The van der Waals surface area contributed by atoms with Crippen LogP contribution in [0.15, 0.2) is 24.7 Å². The second-order valence-electron chi connectivity index (χ2n) is 7.05. The van der Waals surface area contributed by atoms with E-state index in [0.717, 1.165) is 11.0 Å². The lowest BCUT2D eigenvalue weighted by molar-refractivity contribution is 0.362. The highest BCUT2D eigenvalue weighted by Crippen LogP contribution is 2.39. The van der Waals surface area contributed by atoms with E-state index in [9.17, 15) is 0 Å². The van der Waals surface area contributed by atoms with Crippen molar-refractivity contribution in [1.82, 2.24) is 24.3 Å². The van der Waals surface area contributed by atoms with Crippen LogP contribution >= 0.6 is 11.6 Å². The van der Waals surface area contributed by atoms with Crippen LogP contribution in [0, 0.1) is 0 Å². The van der Waals surface area contributed by atoms with Crippen molar-refractivity contribution in [2.45, 2.75) is 57.0 Å². The van der Waals surface area contributed by atoms with E-state index in [4.69, 9.17) is 11.6 Å². The van der Waals surface area contributed by atoms with Crippen LogP contribution in [0.4, 0.5) is 0 Å². The third-order valence-corrected chi connectivity index (χ3v) is 5.49. The predicted octanol–water partition coefficient (Wildman–Crippen LogP) is 4.79. The average molecular weight is 342 g/mol. The Hall–Kier alpha value is -1.88. The first-order chi connectivity index (χ1) is 11.8. The summed E-state index contributed by atoms with van der Waals surface area (Å²) < 4.78 is 4.49. The van der Waals surface area contributed by atoms with E-state index in [0.29, 0.717) is 17.4 Å². The number of hydrogen-bond acceptors (Lipinski definition) is 3. The van der Waals surface area contributed by atoms with Crippen molar-refractivity contribution in [2.75, 3.05) is 0 Å². The molecule has 0 amide bonds. The molecule has 24 heavy (non-hydrogen) atoms. The highest BCUT2D eigenvalue weighted by Gasteiger charge is 2.26. The number of nitrogens with zero attached hydrogens (tertiary/aromatic N) is 5. The number of halogens is 1. The Kier molecular flexibility index (Phi) is 3.37. The molecule has 2 aliphatic carbocycles. The first-order valence-corrected chi connectivity index (χ1v) is 9.25. The monoisotopic (exact) mass is 341 g/mol. The van der Waals surface area contributed by atoms with Gasteiger partial charge in [-0.25, -0.2) is 4.98 Å². The van der Waals surface area contributed by atoms with Gasteiger partial charge in [-0.2, -0.15) is 10.1 Å². The molecule has 0 N–H and O–H groups in total. The molecule has 124 valence electrons. The summed E-state index contributed by atoms with van der Waals surface area (Å²) in [5.41, 5.74) is 3.32. The summed E-state index contributed by atoms with van der Waals surface area (Å²) in [5, 5.41) is 5.94. The summed E-state index contributed by atoms with van der Waals surface area (Å²) >= 11 is 6.09. The maximum atomic E-state index is 6.09. The SMILES string of the molecule is Clc1ncc2cc(-c3cnn(C4CC4)c3)n(C3CCCCC3)c2n1. The minimum Gasteiger partial charge on any atom is -0.322 e. The van der Waals surface area contributed by atoms with E-state index in [-0.39, 0.29) is 0 Å². The Labute approximate surface area is 145 Å². The van der Waals surface area contributed by atoms with Crippen molar-refractivity contribution in [2.24, 2.45) is 0 Å². The van der Waals surface area contributed by atoms with E-state index < -0.39 is 0 Å². The van der Waals surface area contributed by atoms with Gasteiger partial charge in [0, 0.05) is 29.4 Å². The second-order valence-corrected chi connectivity index (χ2v) is 7.39. The zero-order valence-corrected chi connectivity index (χ0v) is 14.3. The largest absolute Gasteiger partial charge is 0.322 e. The molecule has 5 nitrogen and oxygen atoms in total. The van der Waals surface area contributed by atoms with E-state index in [1.54, 1.807) is 0 Å². The van der Waals surface area contributed by atoms with Crippen LogP contribution in [-0.4, -0.2) is 24.3 Å². The third kappa shape index (κ3) is 2.42. The predicted molar refractivity (Wildman–Crippen MR) is 94.2 cm³/mol. The molecule has 0 saturated heterocycles. The molecular formula is C18H20ClN5. The van der Waals surface area contributed by atoms with Gasteiger partial charge in [-0.05, 0) is 43.4 Å². The molecule has 6 heteroatoms. The molecular weight excluding hydrogens is 322 g/mol. The van der Waals surface area contributed by atoms with Crippen LogP contribution in [-0.2, 0) is 0 Å². The molecule has 0 aliphatic heterocycles. The molecule has 5 rings (SSSR count). The van der Waals surface area contributed by atoms with Gasteiger partial charge in [0.25, 0.3) is 0 Å². The fourth-order valence-corrected chi connectivity index (χ4v) is 4.06. The maximum absolute atomic E-state index is 6.09. The molecule has 0 aromatic carbocycles. The van der Waals surface area contributed by atoms with Crippen molar-refractivity contribution in [3.05, 3.63) is 29.9 Å². The molecule has 2 saturated carbocycles. The molecule has 2 aliphatic rings. The summed E-state index contributed by atoms with van der Waals surface area (Å²) in [6.45, 7) is 0. The van der Waals surface area contributed by atoms with Gasteiger partial charge in [-0.15, -0.1) is 0 Å². The fraction of sp³-hybridized carbons (Fsp3) is 0.500. The summed E-state index contributed by atoms with van der Waals surface area (Å²) in [6.07, 6.45) is 14.8. The number of fused-ring (bicyclic) bond motifs is 1. The smallest absolute Gasteiger partial charge is 0.224 e. The quantitative estimate of drug-likeness (QED) is 0.643. The maximum Gasteiger partial charge on any atom is 0.224 e. The third-order valence-electron chi connectivity index (χ3n) is 5.30. The van der Waals surface area contributed by atoms with E-state index >= 15 is 0 Å². The molecule has 0 unspecified atom stereocenters. The zero-order valence-electron chi connectivity index (χ0n) is 13.5. The van der Waals surface area contributed by atoms with Crippen LogP contribution in [0.2, 0.25) is 5.28 Å². The summed E-state index contributed by atoms with van der Waals surface area (Å²) in [6, 6.07) is 3.27. The highest BCUT2D eigenvalue weighted by atomic mass is 35.5.